The number of aromatic nitrogens is 3. The van der Waals surface area contributed by atoms with Crippen LogP contribution >= 0.6 is 0 Å². The highest BCUT2D eigenvalue weighted by molar-refractivity contribution is 7.88. The van der Waals surface area contributed by atoms with Crippen LogP contribution in [0.3, 0.4) is 0 Å². The molecular weight excluding hydrogens is 400 g/mol. The molecule has 0 saturated carbocycles. The third-order valence-corrected chi connectivity index (χ3v) is 6.85. The quantitative estimate of drug-likeness (QED) is 0.650. The molecule has 4 rings (SSSR count). The van der Waals surface area contributed by atoms with Crippen molar-refractivity contribution in [3.05, 3.63) is 71.9 Å². The van der Waals surface area contributed by atoms with Crippen LogP contribution in [0, 0.1) is 6.92 Å². The summed E-state index contributed by atoms with van der Waals surface area (Å²) >= 11 is 0. The lowest BCUT2D eigenvalue weighted by atomic mass is 10.2. The summed E-state index contributed by atoms with van der Waals surface area (Å²) in [5.41, 5.74) is 1.93. The third-order valence-electron chi connectivity index (χ3n) is 5.00. The molecule has 2 aromatic heterocycles. The van der Waals surface area contributed by atoms with Crippen LogP contribution in [0.5, 0.6) is 0 Å². The van der Waals surface area contributed by atoms with Crippen molar-refractivity contribution in [1.82, 2.24) is 19.5 Å². The molecule has 0 amide bonds. The topological polar surface area (TPSA) is 91.3 Å². The van der Waals surface area contributed by atoms with Crippen LogP contribution in [0.25, 0.3) is 0 Å². The van der Waals surface area contributed by atoms with E-state index in [1.165, 1.54) is 0 Å². The Morgan fingerprint density at radius 2 is 1.67 bits per heavy atom. The third kappa shape index (κ3) is 4.92. The van der Waals surface area contributed by atoms with Crippen molar-refractivity contribution < 1.29 is 8.42 Å². The van der Waals surface area contributed by atoms with Gasteiger partial charge in [0.05, 0.1) is 5.75 Å². The standard InChI is InChI=1S/C21H24N6O2S/c1-17-5-7-18(8-6-17)16-30(28,29)27-14-12-26(13-15-27)21-10-9-20(24-25-21)23-19-4-2-3-11-22-19/h2-11H,12-16H2,1H3,(H,22,23,24). The summed E-state index contributed by atoms with van der Waals surface area (Å²) in [6.45, 7) is 4.01. The van der Waals surface area contributed by atoms with E-state index in [1.54, 1.807) is 10.5 Å². The van der Waals surface area contributed by atoms with Gasteiger partial charge < -0.3 is 10.2 Å². The maximum Gasteiger partial charge on any atom is 0.218 e. The van der Waals surface area contributed by atoms with E-state index >= 15 is 0 Å². The highest BCUT2D eigenvalue weighted by Gasteiger charge is 2.27. The van der Waals surface area contributed by atoms with Crippen LogP contribution in [0.1, 0.15) is 11.1 Å². The molecule has 1 aliphatic heterocycles. The lowest BCUT2D eigenvalue weighted by Gasteiger charge is -2.34. The van der Waals surface area contributed by atoms with Gasteiger partial charge in [-0.1, -0.05) is 35.9 Å². The van der Waals surface area contributed by atoms with Crippen molar-refractivity contribution in [2.24, 2.45) is 0 Å². The van der Waals surface area contributed by atoms with Crippen molar-refractivity contribution >= 4 is 27.5 Å². The second-order valence-corrected chi connectivity index (χ2v) is 9.21. The van der Waals surface area contributed by atoms with Gasteiger partial charge in [-0.2, -0.15) is 4.31 Å². The summed E-state index contributed by atoms with van der Waals surface area (Å²) in [6.07, 6.45) is 1.70. The first-order valence-electron chi connectivity index (χ1n) is 9.80. The number of hydrogen-bond acceptors (Lipinski definition) is 7. The van der Waals surface area contributed by atoms with E-state index in [0.29, 0.717) is 37.8 Å². The monoisotopic (exact) mass is 424 g/mol. The van der Waals surface area contributed by atoms with Crippen LogP contribution in [0.4, 0.5) is 17.5 Å². The molecule has 0 aliphatic carbocycles. The second kappa shape index (κ2) is 8.76. The Morgan fingerprint density at radius 1 is 0.900 bits per heavy atom. The Balaban J connectivity index is 1.34. The molecule has 156 valence electrons. The Labute approximate surface area is 176 Å². The molecule has 1 fully saturated rings. The number of benzene rings is 1. The van der Waals surface area contributed by atoms with Crippen molar-refractivity contribution in [2.45, 2.75) is 12.7 Å². The minimum absolute atomic E-state index is 0.0287. The first kappa shape index (κ1) is 20.2. The zero-order valence-electron chi connectivity index (χ0n) is 16.8. The van der Waals surface area contributed by atoms with Crippen LogP contribution in [-0.4, -0.2) is 54.1 Å². The number of sulfonamides is 1. The van der Waals surface area contributed by atoms with Gasteiger partial charge in [0.2, 0.25) is 10.0 Å². The molecule has 1 saturated heterocycles. The maximum absolute atomic E-state index is 12.8. The fraction of sp³-hybridized carbons (Fsp3) is 0.286. The minimum Gasteiger partial charge on any atom is -0.352 e. The average molecular weight is 425 g/mol. The van der Waals surface area contributed by atoms with Gasteiger partial charge in [-0.05, 0) is 36.8 Å². The molecular formula is C21H24N6O2S. The van der Waals surface area contributed by atoms with Gasteiger partial charge >= 0.3 is 0 Å². The number of aryl methyl sites for hydroxylation is 1. The summed E-state index contributed by atoms with van der Waals surface area (Å²) in [5.74, 6) is 2.07. The van der Waals surface area contributed by atoms with Crippen LogP contribution < -0.4 is 10.2 Å². The molecule has 8 nitrogen and oxygen atoms in total. The van der Waals surface area contributed by atoms with Crippen molar-refractivity contribution in [1.29, 1.82) is 0 Å². The van der Waals surface area contributed by atoms with E-state index in [4.69, 9.17) is 0 Å². The molecule has 3 heterocycles. The summed E-state index contributed by atoms with van der Waals surface area (Å²) < 4.78 is 27.1. The first-order valence-corrected chi connectivity index (χ1v) is 11.4. The average Bonchev–Trinajstić information content (AvgIpc) is 2.77. The Morgan fingerprint density at radius 3 is 2.30 bits per heavy atom. The molecule has 0 spiro atoms. The van der Waals surface area contributed by atoms with E-state index in [-0.39, 0.29) is 5.75 Å². The molecule has 0 radical (unpaired) electrons. The number of pyridine rings is 1. The predicted octanol–water partition coefficient (Wildman–Crippen LogP) is 2.58. The molecule has 1 aliphatic rings. The summed E-state index contributed by atoms with van der Waals surface area (Å²) in [6, 6.07) is 16.9. The van der Waals surface area contributed by atoms with Gasteiger partial charge in [-0.15, -0.1) is 10.2 Å². The molecule has 0 unspecified atom stereocenters. The molecule has 0 bridgehead atoms. The maximum atomic E-state index is 12.8. The lowest BCUT2D eigenvalue weighted by Crippen LogP contribution is -2.49. The minimum atomic E-state index is -3.34. The number of anilines is 3. The van der Waals surface area contributed by atoms with Gasteiger partial charge in [0.15, 0.2) is 11.6 Å². The van der Waals surface area contributed by atoms with Gasteiger partial charge in [0.25, 0.3) is 0 Å². The highest BCUT2D eigenvalue weighted by Crippen LogP contribution is 2.19. The SMILES string of the molecule is Cc1ccc(CS(=O)(=O)N2CCN(c3ccc(Nc4ccccn4)nn3)CC2)cc1. The fourth-order valence-corrected chi connectivity index (χ4v) is 4.83. The molecule has 1 aromatic carbocycles. The van der Waals surface area contributed by atoms with Gasteiger partial charge in [0, 0.05) is 32.4 Å². The van der Waals surface area contributed by atoms with E-state index in [2.05, 4.69) is 25.4 Å². The Hall–Kier alpha value is -3.04. The Kier molecular flexibility index (Phi) is 5.91. The normalized spacial score (nSPS) is 15.2. The number of hydrogen-bond donors (Lipinski definition) is 1. The zero-order valence-corrected chi connectivity index (χ0v) is 17.6. The number of piperazine rings is 1. The molecule has 1 N–H and O–H groups in total. The largest absolute Gasteiger partial charge is 0.352 e. The number of rotatable bonds is 6. The summed E-state index contributed by atoms with van der Waals surface area (Å²) in [4.78, 5) is 6.25. The summed E-state index contributed by atoms with van der Waals surface area (Å²) in [7, 11) is -3.34. The van der Waals surface area contributed by atoms with Gasteiger partial charge in [-0.25, -0.2) is 13.4 Å². The van der Waals surface area contributed by atoms with E-state index in [0.717, 1.165) is 16.9 Å². The van der Waals surface area contributed by atoms with Crippen LogP contribution in [0.15, 0.2) is 60.8 Å². The Bertz CT molecular complexity index is 1060. The predicted molar refractivity (Wildman–Crippen MR) is 117 cm³/mol. The van der Waals surface area contributed by atoms with Crippen LogP contribution in [-0.2, 0) is 15.8 Å². The molecule has 30 heavy (non-hydrogen) atoms. The van der Waals surface area contributed by atoms with Crippen LogP contribution in [0.2, 0.25) is 0 Å². The fourth-order valence-electron chi connectivity index (χ4n) is 3.31. The summed E-state index contributed by atoms with van der Waals surface area (Å²) in [5, 5.41) is 11.6. The van der Waals surface area contributed by atoms with E-state index in [1.807, 2.05) is 61.5 Å². The van der Waals surface area contributed by atoms with Crippen molar-refractivity contribution in [3.63, 3.8) is 0 Å². The van der Waals surface area contributed by atoms with Crippen molar-refractivity contribution in [3.8, 4) is 0 Å². The molecule has 0 atom stereocenters. The highest BCUT2D eigenvalue weighted by atomic mass is 32.2. The van der Waals surface area contributed by atoms with Gasteiger partial charge in [-0.3, -0.25) is 0 Å². The smallest absolute Gasteiger partial charge is 0.218 e. The number of nitrogens with one attached hydrogen (secondary N) is 1. The second-order valence-electron chi connectivity index (χ2n) is 7.24. The molecule has 3 aromatic rings. The van der Waals surface area contributed by atoms with E-state index in [9.17, 15) is 8.42 Å². The van der Waals surface area contributed by atoms with Crippen molar-refractivity contribution in [2.75, 3.05) is 36.4 Å². The number of nitrogens with zero attached hydrogens (tertiary/aromatic N) is 5. The van der Waals surface area contributed by atoms with Gasteiger partial charge in [0.1, 0.15) is 5.82 Å². The lowest BCUT2D eigenvalue weighted by molar-refractivity contribution is 0.383. The zero-order chi connectivity index (χ0) is 21.0. The first-order chi connectivity index (χ1) is 14.5. The molecule has 9 heteroatoms. The van der Waals surface area contributed by atoms with E-state index < -0.39 is 10.0 Å².